The van der Waals surface area contributed by atoms with Gasteiger partial charge in [-0.3, -0.25) is 4.68 Å². The van der Waals surface area contributed by atoms with E-state index in [0.717, 1.165) is 6.54 Å². The Morgan fingerprint density at radius 2 is 2.19 bits per heavy atom. The van der Waals surface area contributed by atoms with Crippen LogP contribution in [0.3, 0.4) is 0 Å². The maximum atomic E-state index is 12.3. The van der Waals surface area contributed by atoms with E-state index in [0.29, 0.717) is 32.3 Å². The minimum atomic E-state index is -3.49. The second kappa shape index (κ2) is 8.47. The monoisotopic (exact) mass is 318 g/mol. The van der Waals surface area contributed by atoms with Crippen LogP contribution in [0.1, 0.15) is 20.8 Å². The first-order valence-electron chi connectivity index (χ1n) is 7.17. The molecular weight excluding hydrogens is 292 g/mol. The van der Waals surface area contributed by atoms with Gasteiger partial charge in [-0.2, -0.15) is 9.40 Å². The van der Waals surface area contributed by atoms with Gasteiger partial charge >= 0.3 is 0 Å². The molecule has 1 aromatic heterocycles. The van der Waals surface area contributed by atoms with Gasteiger partial charge in [0.15, 0.2) is 0 Å². The van der Waals surface area contributed by atoms with E-state index < -0.39 is 10.0 Å². The lowest BCUT2D eigenvalue weighted by atomic mass is 10.4. The van der Waals surface area contributed by atoms with Crippen molar-refractivity contribution in [3.63, 3.8) is 0 Å². The molecule has 0 aliphatic carbocycles. The maximum Gasteiger partial charge on any atom is 0.246 e. The topological polar surface area (TPSA) is 76.5 Å². The standard InChI is InChI=1S/C13H26N4O3S/c1-5-20-9-8-16(4)21(18,19)13-10-15-17(11-13)7-6-14-12(2)3/h10-12,14H,5-9H2,1-4H3. The lowest BCUT2D eigenvalue weighted by Gasteiger charge is -2.15. The second-order valence-electron chi connectivity index (χ2n) is 5.07. The van der Waals surface area contributed by atoms with Crippen molar-refractivity contribution in [1.29, 1.82) is 0 Å². The van der Waals surface area contributed by atoms with E-state index in [9.17, 15) is 8.42 Å². The molecule has 0 unspecified atom stereocenters. The van der Waals surface area contributed by atoms with Crippen molar-refractivity contribution in [3.05, 3.63) is 12.4 Å². The molecule has 1 N–H and O–H groups in total. The Morgan fingerprint density at radius 1 is 1.48 bits per heavy atom. The molecule has 0 aliphatic heterocycles. The van der Waals surface area contributed by atoms with E-state index in [-0.39, 0.29) is 4.90 Å². The van der Waals surface area contributed by atoms with Crippen LogP contribution in [0, 0.1) is 0 Å². The predicted molar refractivity (Wildman–Crippen MR) is 81.7 cm³/mol. The first-order chi connectivity index (χ1) is 9.87. The number of rotatable bonds is 10. The Hall–Kier alpha value is -0.960. The highest BCUT2D eigenvalue weighted by Crippen LogP contribution is 2.12. The number of sulfonamides is 1. The molecule has 0 aliphatic rings. The number of nitrogens with one attached hydrogen (secondary N) is 1. The summed E-state index contributed by atoms with van der Waals surface area (Å²) in [5.41, 5.74) is 0. The summed E-state index contributed by atoms with van der Waals surface area (Å²) in [5.74, 6) is 0. The van der Waals surface area contributed by atoms with Gasteiger partial charge in [0.25, 0.3) is 0 Å². The average Bonchev–Trinajstić information content (AvgIpc) is 2.88. The number of aromatic nitrogens is 2. The summed E-state index contributed by atoms with van der Waals surface area (Å²) in [6, 6.07) is 0.397. The van der Waals surface area contributed by atoms with Gasteiger partial charge in [0.2, 0.25) is 10.0 Å². The summed E-state index contributed by atoms with van der Waals surface area (Å²) in [6.45, 7) is 8.68. The van der Waals surface area contributed by atoms with Gasteiger partial charge in [-0.25, -0.2) is 8.42 Å². The van der Waals surface area contributed by atoms with Gasteiger partial charge in [-0.15, -0.1) is 0 Å². The average molecular weight is 318 g/mol. The largest absolute Gasteiger partial charge is 0.380 e. The highest BCUT2D eigenvalue weighted by molar-refractivity contribution is 7.89. The smallest absolute Gasteiger partial charge is 0.246 e. The van der Waals surface area contributed by atoms with Gasteiger partial charge in [0, 0.05) is 39.0 Å². The summed E-state index contributed by atoms with van der Waals surface area (Å²) in [4.78, 5) is 0.214. The molecule has 1 heterocycles. The first kappa shape index (κ1) is 18.1. The van der Waals surface area contributed by atoms with Gasteiger partial charge in [0.05, 0.1) is 19.3 Å². The molecule has 0 aromatic carbocycles. The molecule has 122 valence electrons. The Labute approximate surface area is 127 Å². The predicted octanol–water partition coefficient (Wildman–Crippen LogP) is 0.538. The van der Waals surface area contributed by atoms with E-state index >= 15 is 0 Å². The molecule has 0 fully saturated rings. The van der Waals surface area contributed by atoms with E-state index in [4.69, 9.17) is 4.74 Å². The van der Waals surface area contributed by atoms with Gasteiger partial charge in [0.1, 0.15) is 4.90 Å². The number of hydrogen-bond donors (Lipinski definition) is 1. The first-order valence-corrected chi connectivity index (χ1v) is 8.61. The molecule has 0 spiro atoms. The van der Waals surface area contributed by atoms with Crippen LogP contribution in [0.25, 0.3) is 0 Å². The molecule has 0 atom stereocenters. The number of hydrogen-bond acceptors (Lipinski definition) is 5. The molecule has 0 radical (unpaired) electrons. The van der Waals surface area contributed by atoms with Crippen molar-refractivity contribution in [1.82, 2.24) is 19.4 Å². The highest BCUT2D eigenvalue weighted by Gasteiger charge is 2.22. The fraction of sp³-hybridized carbons (Fsp3) is 0.769. The van der Waals surface area contributed by atoms with Crippen LogP contribution in [0.2, 0.25) is 0 Å². The number of likely N-dealkylation sites (N-methyl/N-ethyl adjacent to an activating group) is 1. The summed E-state index contributed by atoms with van der Waals surface area (Å²) in [6.07, 6.45) is 2.95. The van der Waals surface area contributed by atoms with E-state index in [2.05, 4.69) is 24.3 Å². The summed E-state index contributed by atoms with van der Waals surface area (Å²) >= 11 is 0. The zero-order chi connectivity index (χ0) is 15.9. The van der Waals surface area contributed by atoms with Gasteiger partial charge in [-0.05, 0) is 6.92 Å². The number of nitrogens with zero attached hydrogens (tertiary/aromatic N) is 3. The molecule has 1 rings (SSSR count). The minimum Gasteiger partial charge on any atom is -0.380 e. The molecular formula is C13H26N4O3S. The van der Waals surface area contributed by atoms with Crippen molar-refractivity contribution < 1.29 is 13.2 Å². The van der Waals surface area contributed by atoms with Gasteiger partial charge < -0.3 is 10.1 Å². The van der Waals surface area contributed by atoms with Crippen molar-refractivity contribution >= 4 is 10.0 Å². The lowest BCUT2D eigenvalue weighted by molar-refractivity contribution is 0.138. The lowest BCUT2D eigenvalue weighted by Crippen LogP contribution is -2.30. The third-order valence-electron chi connectivity index (χ3n) is 2.97. The summed E-state index contributed by atoms with van der Waals surface area (Å²) in [5, 5.41) is 7.36. The van der Waals surface area contributed by atoms with Crippen LogP contribution >= 0.6 is 0 Å². The van der Waals surface area contributed by atoms with Crippen LogP contribution in [-0.4, -0.2) is 61.9 Å². The normalized spacial score (nSPS) is 12.5. The van der Waals surface area contributed by atoms with Gasteiger partial charge in [-0.1, -0.05) is 13.8 Å². The molecule has 8 heteroatoms. The van der Waals surface area contributed by atoms with Crippen molar-refractivity contribution in [2.45, 2.75) is 38.3 Å². The zero-order valence-electron chi connectivity index (χ0n) is 13.2. The molecule has 21 heavy (non-hydrogen) atoms. The molecule has 1 aromatic rings. The van der Waals surface area contributed by atoms with Crippen LogP contribution in [0.4, 0.5) is 0 Å². The van der Waals surface area contributed by atoms with Crippen molar-refractivity contribution in [2.75, 3.05) is 33.4 Å². The van der Waals surface area contributed by atoms with Crippen molar-refractivity contribution in [2.24, 2.45) is 0 Å². The molecule has 0 saturated carbocycles. The third kappa shape index (κ3) is 5.74. The highest BCUT2D eigenvalue weighted by atomic mass is 32.2. The maximum absolute atomic E-state index is 12.3. The van der Waals surface area contributed by atoms with E-state index in [1.807, 2.05) is 6.92 Å². The van der Waals surface area contributed by atoms with E-state index in [1.165, 1.54) is 10.5 Å². The quantitative estimate of drug-likeness (QED) is 0.637. The molecule has 0 saturated heterocycles. The Bertz CT molecular complexity index is 513. The van der Waals surface area contributed by atoms with Crippen LogP contribution in [0.15, 0.2) is 17.3 Å². The molecule has 0 bridgehead atoms. The molecule has 0 amide bonds. The minimum absolute atomic E-state index is 0.214. The summed E-state index contributed by atoms with van der Waals surface area (Å²) < 4.78 is 32.8. The van der Waals surface area contributed by atoms with E-state index in [1.54, 1.807) is 17.9 Å². The molecule has 7 nitrogen and oxygen atoms in total. The fourth-order valence-corrected chi connectivity index (χ4v) is 2.82. The third-order valence-corrected chi connectivity index (χ3v) is 4.78. The van der Waals surface area contributed by atoms with Crippen LogP contribution in [-0.2, 0) is 21.3 Å². The van der Waals surface area contributed by atoms with Crippen molar-refractivity contribution in [3.8, 4) is 0 Å². The Kier molecular flexibility index (Phi) is 7.30. The second-order valence-corrected chi connectivity index (χ2v) is 7.12. The number of ether oxygens (including phenoxy) is 1. The zero-order valence-corrected chi connectivity index (χ0v) is 14.1. The SMILES string of the molecule is CCOCCN(C)S(=O)(=O)c1cnn(CCNC(C)C)c1. The Balaban J connectivity index is 2.61. The van der Waals surface area contributed by atoms with Crippen LogP contribution < -0.4 is 5.32 Å². The summed E-state index contributed by atoms with van der Waals surface area (Å²) in [7, 11) is -1.94. The van der Waals surface area contributed by atoms with Crippen LogP contribution in [0.5, 0.6) is 0 Å². The fourth-order valence-electron chi connectivity index (χ4n) is 1.71. The Morgan fingerprint density at radius 3 is 2.81 bits per heavy atom.